The van der Waals surface area contributed by atoms with Crippen molar-refractivity contribution >= 4 is 33.6 Å². The molecule has 4 aromatic rings. The Bertz CT molecular complexity index is 1660. The average molecular weight is 528 g/mol. The van der Waals surface area contributed by atoms with Crippen LogP contribution in [0.2, 0.25) is 0 Å². The summed E-state index contributed by atoms with van der Waals surface area (Å²) < 4.78 is 0. The SMILES string of the molecule is CC1=Cc2c(-c3ccccc3)cccc2C1S(C)(C)C1C(C)=Cc2c1cccc2N1c2ccccc2CC1C. The Kier molecular flexibility index (Phi) is 5.68. The maximum Gasteiger partial charge on any atom is 0.0490 e. The number of benzene rings is 4. The molecule has 0 saturated carbocycles. The summed E-state index contributed by atoms with van der Waals surface area (Å²) in [6, 6.07) is 34.3. The van der Waals surface area contributed by atoms with Gasteiger partial charge in [0.2, 0.25) is 0 Å². The normalized spacial score (nSPS) is 21.8. The molecule has 1 aliphatic heterocycles. The van der Waals surface area contributed by atoms with E-state index in [-0.39, 0.29) is 0 Å². The molecule has 0 amide bonds. The molecule has 196 valence electrons. The summed E-state index contributed by atoms with van der Waals surface area (Å²) in [7, 11) is -1.13. The molecule has 0 N–H and O–H groups in total. The molecule has 0 radical (unpaired) electrons. The molecule has 0 aromatic heterocycles. The lowest BCUT2D eigenvalue weighted by Gasteiger charge is -2.46. The van der Waals surface area contributed by atoms with Crippen LogP contribution in [0, 0.1) is 0 Å². The fourth-order valence-corrected chi connectivity index (χ4v) is 11.8. The molecular weight excluding hydrogens is 490 g/mol. The van der Waals surface area contributed by atoms with Crippen LogP contribution >= 0.6 is 10.0 Å². The van der Waals surface area contributed by atoms with Crippen molar-refractivity contribution in [2.24, 2.45) is 0 Å². The molecule has 3 atom stereocenters. The standard InChI is InChI=1S/C37H37NS/c1-24-21-32-29(27-13-7-6-8-14-27)16-11-17-30(32)36(24)39(4,5)37-25(2)22-33-31(37)18-12-20-35(33)38-26(3)23-28-15-9-10-19-34(28)38/h6-22,26,36-37H,23H2,1-5H3. The van der Waals surface area contributed by atoms with Gasteiger partial charge in [0.25, 0.3) is 0 Å². The van der Waals surface area contributed by atoms with Gasteiger partial charge in [-0.25, -0.2) is 10.0 Å². The van der Waals surface area contributed by atoms with Gasteiger partial charge in [-0.15, -0.1) is 0 Å². The van der Waals surface area contributed by atoms with Crippen LogP contribution < -0.4 is 4.90 Å². The van der Waals surface area contributed by atoms with Crippen molar-refractivity contribution in [3.63, 3.8) is 0 Å². The van der Waals surface area contributed by atoms with E-state index in [0.29, 0.717) is 16.5 Å². The number of para-hydroxylation sites is 1. The lowest BCUT2D eigenvalue weighted by Crippen LogP contribution is -2.25. The highest BCUT2D eigenvalue weighted by atomic mass is 32.3. The molecule has 0 spiro atoms. The Morgan fingerprint density at radius 2 is 1.23 bits per heavy atom. The highest BCUT2D eigenvalue weighted by Crippen LogP contribution is 2.72. The number of nitrogens with zero attached hydrogens (tertiary/aromatic N) is 1. The second-order valence-corrected chi connectivity index (χ2v) is 15.9. The molecule has 1 nitrogen and oxygen atoms in total. The van der Waals surface area contributed by atoms with Crippen LogP contribution in [0.5, 0.6) is 0 Å². The quantitative estimate of drug-likeness (QED) is 0.255. The van der Waals surface area contributed by atoms with E-state index in [1.54, 1.807) is 0 Å². The average Bonchev–Trinajstić information content (AvgIpc) is 3.57. The van der Waals surface area contributed by atoms with E-state index in [9.17, 15) is 0 Å². The fourth-order valence-electron chi connectivity index (χ4n) is 7.79. The summed E-state index contributed by atoms with van der Waals surface area (Å²) in [4.78, 5) is 2.59. The summed E-state index contributed by atoms with van der Waals surface area (Å²) in [6.45, 7) is 7.10. The Labute approximate surface area is 235 Å². The van der Waals surface area contributed by atoms with Gasteiger partial charge in [-0.3, -0.25) is 0 Å². The monoisotopic (exact) mass is 527 g/mol. The van der Waals surface area contributed by atoms with Crippen molar-refractivity contribution in [1.82, 2.24) is 0 Å². The minimum absolute atomic E-state index is 0.445. The Morgan fingerprint density at radius 1 is 0.641 bits per heavy atom. The lowest BCUT2D eigenvalue weighted by molar-refractivity contribution is 0.758. The van der Waals surface area contributed by atoms with E-state index < -0.39 is 10.0 Å². The third kappa shape index (κ3) is 3.68. The van der Waals surface area contributed by atoms with E-state index >= 15 is 0 Å². The molecule has 0 bridgehead atoms. The summed E-state index contributed by atoms with van der Waals surface area (Å²) in [5, 5.41) is 0.894. The summed E-state index contributed by atoms with van der Waals surface area (Å²) in [5.74, 6) is 0. The zero-order valence-electron chi connectivity index (χ0n) is 23.6. The third-order valence-corrected chi connectivity index (χ3v) is 12.8. The molecular formula is C37H37NS. The van der Waals surface area contributed by atoms with Gasteiger partial charge < -0.3 is 4.90 Å². The van der Waals surface area contributed by atoms with E-state index in [1.807, 2.05) is 0 Å². The second-order valence-electron chi connectivity index (χ2n) is 12.0. The summed E-state index contributed by atoms with van der Waals surface area (Å²) in [6.07, 6.45) is 11.3. The Balaban J connectivity index is 1.32. The first-order valence-corrected chi connectivity index (χ1v) is 16.7. The van der Waals surface area contributed by atoms with Crippen molar-refractivity contribution < 1.29 is 0 Å². The van der Waals surface area contributed by atoms with Crippen molar-refractivity contribution in [1.29, 1.82) is 0 Å². The predicted molar refractivity (Wildman–Crippen MR) is 172 cm³/mol. The van der Waals surface area contributed by atoms with E-state index in [0.717, 1.165) is 6.42 Å². The number of hydrogen-bond donors (Lipinski definition) is 0. The first-order chi connectivity index (χ1) is 18.9. The largest absolute Gasteiger partial charge is 0.338 e. The smallest absolute Gasteiger partial charge is 0.0490 e. The Morgan fingerprint density at radius 3 is 1.97 bits per heavy atom. The predicted octanol–water partition coefficient (Wildman–Crippen LogP) is 10.1. The maximum absolute atomic E-state index is 2.59. The van der Waals surface area contributed by atoms with Gasteiger partial charge in [-0.2, -0.15) is 0 Å². The van der Waals surface area contributed by atoms with E-state index in [2.05, 4.69) is 141 Å². The van der Waals surface area contributed by atoms with Crippen LogP contribution in [0.15, 0.2) is 102 Å². The van der Waals surface area contributed by atoms with Crippen molar-refractivity contribution in [2.75, 3.05) is 17.4 Å². The van der Waals surface area contributed by atoms with Crippen molar-refractivity contribution in [3.8, 4) is 11.1 Å². The van der Waals surface area contributed by atoms with Gasteiger partial charge in [-0.05, 0) is 85.2 Å². The highest BCUT2D eigenvalue weighted by molar-refractivity contribution is 8.33. The molecule has 39 heavy (non-hydrogen) atoms. The van der Waals surface area contributed by atoms with Crippen molar-refractivity contribution in [3.05, 3.63) is 130 Å². The molecule has 4 aromatic carbocycles. The first kappa shape index (κ1) is 24.5. The van der Waals surface area contributed by atoms with Crippen LogP contribution in [0.3, 0.4) is 0 Å². The second kappa shape index (κ2) is 9.03. The van der Waals surface area contributed by atoms with Gasteiger partial charge in [-0.1, -0.05) is 102 Å². The molecule has 2 heteroatoms. The van der Waals surface area contributed by atoms with Crippen molar-refractivity contribution in [2.45, 2.75) is 43.7 Å². The molecule has 0 fully saturated rings. The number of fused-ring (bicyclic) bond motifs is 3. The molecule has 2 aliphatic carbocycles. The van der Waals surface area contributed by atoms with E-state index in [1.165, 1.54) is 61.5 Å². The zero-order valence-corrected chi connectivity index (χ0v) is 24.4. The van der Waals surface area contributed by atoms with Gasteiger partial charge in [0.15, 0.2) is 0 Å². The van der Waals surface area contributed by atoms with Crippen LogP contribution in [0.4, 0.5) is 11.4 Å². The van der Waals surface area contributed by atoms with Crippen LogP contribution in [-0.2, 0) is 6.42 Å². The Hall–Kier alpha value is -3.49. The minimum atomic E-state index is -1.13. The molecule has 7 rings (SSSR count). The number of anilines is 2. The summed E-state index contributed by atoms with van der Waals surface area (Å²) >= 11 is 0. The van der Waals surface area contributed by atoms with Crippen LogP contribution in [-0.4, -0.2) is 18.6 Å². The number of hydrogen-bond acceptors (Lipinski definition) is 1. The third-order valence-electron chi connectivity index (χ3n) is 9.16. The zero-order chi connectivity index (χ0) is 26.9. The van der Waals surface area contributed by atoms with Crippen LogP contribution in [0.25, 0.3) is 23.3 Å². The lowest BCUT2D eigenvalue weighted by atomic mass is 9.97. The minimum Gasteiger partial charge on any atom is -0.338 e. The number of rotatable bonds is 4. The van der Waals surface area contributed by atoms with Gasteiger partial charge in [0, 0.05) is 33.5 Å². The first-order valence-electron chi connectivity index (χ1n) is 14.1. The van der Waals surface area contributed by atoms with Gasteiger partial charge in [0.05, 0.1) is 0 Å². The van der Waals surface area contributed by atoms with Gasteiger partial charge in [0.1, 0.15) is 0 Å². The fraction of sp³-hybridized carbons (Fsp3) is 0.243. The maximum atomic E-state index is 2.59. The highest BCUT2D eigenvalue weighted by Gasteiger charge is 2.43. The summed E-state index contributed by atoms with van der Waals surface area (Å²) in [5.41, 5.74) is 15.8. The van der Waals surface area contributed by atoms with E-state index in [4.69, 9.17) is 0 Å². The molecule has 3 unspecified atom stereocenters. The molecule has 3 aliphatic rings. The van der Waals surface area contributed by atoms with Crippen LogP contribution in [0.1, 0.15) is 59.1 Å². The van der Waals surface area contributed by atoms with Gasteiger partial charge >= 0.3 is 0 Å². The molecule has 0 saturated heterocycles. The topological polar surface area (TPSA) is 3.24 Å². The molecule has 1 heterocycles.